The molecule has 2 unspecified atom stereocenters. The van der Waals surface area contributed by atoms with E-state index in [9.17, 15) is 13.2 Å². The van der Waals surface area contributed by atoms with Gasteiger partial charge in [0.15, 0.2) is 5.96 Å². The summed E-state index contributed by atoms with van der Waals surface area (Å²) in [4.78, 5) is 9.56. The van der Waals surface area contributed by atoms with Crippen LogP contribution in [0.25, 0.3) is 0 Å². The summed E-state index contributed by atoms with van der Waals surface area (Å²) < 4.78 is 38.5. The van der Waals surface area contributed by atoms with Crippen LogP contribution in [-0.2, 0) is 6.42 Å². The Morgan fingerprint density at radius 2 is 2.22 bits per heavy atom. The number of rotatable bonds is 4. The van der Waals surface area contributed by atoms with Crippen LogP contribution in [0.2, 0.25) is 0 Å². The molecule has 2 N–H and O–H groups in total. The number of hydrogen-bond acceptors (Lipinski definition) is 3. The van der Waals surface area contributed by atoms with Gasteiger partial charge < -0.3 is 10.6 Å². The third-order valence-corrected chi connectivity index (χ3v) is 4.97. The van der Waals surface area contributed by atoms with Crippen molar-refractivity contribution < 1.29 is 13.2 Å². The van der Waals surface area contributed by atoms with Gasteiger partial charge in [-0.05, 0) is 26.2 Å². The Morgan fingerprint density at radius 3 is 2.83 bits per heavy atom. The van der Waals surface area contributed by atoms with E-state index in [4.69, 9.17) is 0 Å². The fraction of sp³-hybridized carbons (Fsp3) is 0.733. The van der Waals surface area contributed by atoms with E-state index in [1.54, 1.807) is 18.4 Å². The maximum atomic E-state index is 12.8. The van der Waals surface area contributed by atoms with E-state index in [2.05, 4.69) is 20.6 Å². The van der Waals surface area contributed by atoms with Crippen molar-refractivity contribution in [1.29, 1.82) is 0 Å². The quantitative estimate of drug-likeness (QED) is 0.648. The molecule has 8 heteroatoms. The van der Waals surface area contributed by atoms with Gasteiger partial charge in [0.2, 0.25) is 0 Å². The minimum Gasteiger partial charge on any atom is -0.356 e. The van der Waals surface area contributed by atoms with Crippen LogP contribution in [0, 0.1) is 12.8 Å². The summed E-state index contributed by atoms with van der Waals surface area (Å²) in [5.74, 6) is -0.642. The van der Waals surface area contributed by atoms with E-state index in [-0.39, 0.29) is 18.9 Å². The third kappa shape index (κ3) is 5.67. The largest absolute Gasteiger partial charge is 0.391 e. The van der Waals surface area contributed by atoms with Crippen molar-refractivity contribution in [3.05, 3.63) is 16.1 Å². The Bertz CT molecular complexity index is 527. The van der Waals surface area contributed by atoms with Gasteiger partial charge in [-0.1, -0.05) is 6.42 Å². The van der Waals surface area contributed by atoms with Gasteiger partial charge in [0.25, 0.3) is 0 Å². The van der Waals surface area contributed by atoms with Crippen molar-refractivity contribution in [2.45, 2.75) is 51.2 Å². The van der Waals surface area contributed by atoms with Crippen LogP contribution in [0.1, 0.15) is 35.6 Å². The minimum absolute atomic E-state index is 0.121. The van der Waals surface area contributed by atoms with E-state index in [1.165, 1.54) is 4.88 Å². The highest BCUT2D eigenvalue weighted by molar-refractivity contribution is 7.11. The predicted molar refractivity (Wildman–Crippen MR) is 86.9 cm³/mol. The molecule has 1 aliphatic rings. The van der Waals surface area contributed by atoms with Crippen LogP contribution < -0.4 is 10.6 Å². The topological polar surface area (TPSA) is 49.3 Å². The first-order valence-electron chi connectivity index (χ1n) is 7.83. The highest BCUT2D eigenvalue weighted by Gasteiger charge is 2.42. The number of aryl methyl sites for hydroxylation is 1. The molecular formula is C15H23F3N4S. The lowest BCUT2D eigenvalue weighted by Crippen LogP contribution is -2.47. The van der Waals surface area contributed by atoms with E-state index in [0.29, 0.717) is 18.9 Å². The van der Waals surface area contributed by atoms with Crippen LogP contribution in [0.4, 0.5) is 13.2 Å². The second-order valence-corrected chi connectivity index (χ2v) is 7.18. The maximum absolute atomic E-state index is 12.8. The summed E-state index contributed by atoms with van der Waals surface area (Å²) in [5.41, 5.74) is 0. The van der Waals surface area contributed by atoms with Crippen molar-refractivity contribution in [3.63, 3.8) is 0 Å². The summed E-state index contributed by atoms with van der Waals surface area (Å²) in [6.07, 6.45) is 0.213. The van der Waals surface area contributed by atoms with Crippen LogP contribution in [-0.4, -0.2) is 36.8 Å². The Kier molecular flexibility index (Phi) is 6.26. The Balaban J connectivity index is 1.78. The zero-order valence-corrected chi connectivity index (χ0v) is 14.2. The number of halogens is 3. The number of aliphatic imine (C=N–C) groups is 1. The lowest BCUT2D eigenvalue weighted by atomic mass is 9.85. The van der Waals surface area contributed by atoms with Gasteiger partial charge >= 0.3 is 6.18 Å². The second-order valence-electron chi connectivity index (χ2n) is 5.86. The molecule has 1 saturated carbocycles. The number of guanidine groups is 1. The minimum atomic E-state index is -4.10. The van der Waals surface area contributed by atoms with Gasteiger partial charge in [0.1, 0.15) is 0 Å². The number of aromatic nitrogens is 1. The Morgan fingerprint density at radius 1 is 1.43 bits per heavy atom. The molecule has 0 aliphatic heterocycles. The van der Waals surface area contributed by atoms with E-state index < -0.39 is 12.1 Å². The average molecular weight is 348 g/mol. The van der Waals surface area contributed by atoms with Crippen LogP contribution in [0.5, 0.6) is 0 Å². The first kappa shape index (κ1) is 18.0. The standard InChI is InChI=1S/C15H23F3N4S/c1-10-9-21-13(23-10)6-7-20-14(19-2)22-12-5-3-4-11(8-12)15(16,17)18/h9,11-12H,3-8H2,1-2H3,(H2,19,20,22). The molecule has 2 rings (SSSR count). The van der Waals surface area contributed by atoms with Gasteiger partial charge in [0.05, 0.1) is 10.9 Å². The zero-order chi connectivity index (χ0) is 16.9. The van der Waals surface area contributed by atoms with Gasteiger partial charge in [-0.25, -0.2) is 4.98 Å². The molecule has 1 aromatic heterocycles. The average Bonchev–Trinajstić information content (AvgIpc) is 2.91. The monoisotopic (exact) mass is 348 g/mol. The molecule has 1 aromatic rings. The fourth-order valence-corrected chi connectivity index (χ4v) is 3.60. The SMILES string of the molecule is CN=C(NCCc1ncc(C)s1)NC1CCCC(C(F)(F)F)C1. The van der Waals surface area contributed by atoms with Crippen molar-refractivity contribution in [2.75, 3.05) is 13.6 Å². The number of thiazole rings is 1. The molecule has 0 saturated heterocycles. The number of nitrogens with one attached hydrogen (secondary N) is 2. The highest BCUT2D eigenvalue weighted by Crippen LogP contribution is 2.37. The fourth-order valence-electron chi connectivity index (χ4n) is 2.81. The molecule has 0 bridgehead atoms. The molecule has 0 amide bonds. The normalized spacial score (nSPS) is 22.9. The van der Waals surface area contributed by atoms with Gasteiger partial charge in [-0.3, -0.25) is 4.99 Å². The molecule has 1 heterocycles. The molecule has 130 valence electrons. The van der Waals surface area contributed by atoms with Crippen molar-refractivity contribution in [2.24, 2.45) is 10.9 Å². The van der Waals surface area contributed by atoms with Crippen LogP contribution in [0.15, 0.2) is 11.2 Å². The summed E-state index contributed by atoms with van der Waals surface area (Å²) in [5, 5.41) is 7.32. The first-order chi connectivity index (χ1) is 10.9. The maximum Gasteiger partial charge on any atom is 0.391 e. The molecule has 23 heavy (non-hydrogen) atoms. The van der Waals surface area contributed by atoms with E-state index in [0.717, 1.165) is 17.8 Å². The van der Waals surface area contributed by atoms with E-state index >= 15 is 0 Å². The molecule has 1 fully saturated rings. The zero-order valence-electron chi connectivity index (χ0n) is 13.4. The third-order valence-electron chi connectivity index (χ3n) is 4.00. The summed E-state index contributed by atoms with van der Waals surface area (Å²) in [6.45, 7) is 2.66. The molecule has 2 atom stereocenters. The van der Waals surface area contributed by atoms with Crippen molar-refractivity contribution >= 4 is 17.3 Å². The predicted octanol–water partition coefficient (Wildman–Crippen LogP) is 3.28. The molecule has 0 spiro atoms. The molecule has 1 aliphatic carbocycles. The van der Waals surface area contributed by atoms with E-state index in [1.807, 2.05) is 13.1 Å². The van der Waals surface area contributed by atoms with Gasteiger partial charge in [-0.2, -0.15) is 13.2 Å². The lowest BCUT2D eigenvalue weighted by Gasteiger charge is -2.31. The Labute approximate surface area is 138 Å². The summed E-state index contributed by atoms with van der Waals surface area (Å²) in [6, 6.07) is -0.177. The van der Waals surface area contributed by atoms with Crippen molar-refractivity contribution in [3.8, 4) is 0 Å². The first-order valence-corrected chi connectivity index (χ1v) is 8.65. The smallest absolute Gasteiger partial charge is 0.356 e. The van der Waals surface area contributed by atoms with Gasteiger partial charge in [-0.15, -0.1) is 11.3 Å². The lowest BCUT2D eigenvalue weighted by molar-refractivity contribution is -0.183. The highest BCUT2D eigenvalue weighted by atomic mass is 32.1. The summed E-state index contributed by atoms with van der Waals surface area (Å²) in [7, 11) is 1.63. The Hall–Kier alpha value is -1.31. The van der Waals surface area contributed by atoms with Crippen LogP contribution in [0.3, 0.4) is 0 Å². The second kappa shape index (κ2) is 7.99. The summed E-state index contributed by atoms with van der Waals surface area (Å²) >= 11 is 1.65. The number of hydrogen-bond donors (Lipinski definition) is 2. The van der Waals surface area contributed by atoms with Crippen LogP contribution >= 0.6 is 11.3 Å². The molecule has 4 nitrogen and oxygen atoms in total. The molecular weight excluding hydrogens is 325 g/mol. The number of nitrogens with zero attached hydrogens (tertiary/aromatic N) is 2. The molecule has 0 radical (unpaired) electrons. The number of alkyl halides is 3. The molecule has 0 aromatic carbocycles. The van der Waals surface area contributed by atoms with Crippen molar-refractivity contribution in [1.82, 2.24) is 15.6 Å². The van der Waals surface area contributed by atoms with Gasteiger partial charge in [0, 0.05) is 37.1 Å².